The molecular formula is C18H16O3Se. The number of carbonyl (C=O) groups excluding carboxylic acids is 1. The van der Waals surface area contributed by atoms with E-state index in [9.17, 15) is 4.79 Å². The first-order chi connectivity index (χ1) is 10.7. The van der Waals surface area contributed by atoms with Crippen LogP contribution in [-0.2, 0) is 20.7 Å². The number of methoxy groups -OCH3 is 1. The molecular weight excluding hydrogens is 343 g/mol. The van der Waals surface area contributed by atoms with Gasteiger partial charge in [-0.25, -0.2) is 0 Å². The molecule has 22 heavy (non-hydrogen) atoms. The van der Waals surface area contributed by atoms with Crippen molar-refractivity contribution in [3.8, 4) is 0 Å². The third-order valence-electron chi connectivity index (χ3n) is 3.42. The summed E-state index contributed by atoms with van der Waals surface area (Å²) in [6, 6.07) is 20.2. The van der Waals surface area contributed by atoms with Gasteiger partial charge in [-0.3, -0.25) is 0 Å². The fourth-order valence-electron chi connectivity index (χ4n) is 2.45. The third kappa shape index (κ3) is 3.08. The van der Waals surface area contributed by atoms with E-state index >= 15 is 0 Å². The summed E-state index contributed by atoms with van der Waals surface area (Å²) in [7, 11) is 1.59. The summed E-state index contributed by atoms with van der Waals surface area (Å²) in [5.41, 5.74) is 1.12. The van der Waals surface area contributed by atoms with Gasteiger partial charge in [0.25, 0.3) is 0 Å². The summed E-state index contributed by atoms with van der Waals surface area (Å²) in [6.45, 7) is 0. The van der Waals surface area contributed by atoms with E-state index in [1.54, 1.807) is 7.11 Å². The van der Waals surface area contributed by atoms with Crippen LogP contribution in [0.2, 0.25) is 0 Å². The molecule has 112 valence electrons. The minimum atomic E-state index is -0.707. The maximum absolute atomic E-state index is 11.8. The van der Waals surface area contributed by atoms with Gasteiger partial charge in [-0.1, -0.05) is 0 Å². The normalized spacial score (nSPS) is 20.4. The van der Waals surface area contributed by atoms with Crippen molar-refractivity contribution in [1.29, 1.82) is 0 Å². The molecule has 0 aliphatic carbocycles. The Balaban J connectivity index is 1.96. The number of cyclic esters (lactones) is 1. The predicted molar refractivity (Wildman–Crippen MR) is 85.9 cm³/mol. The van der Waals surface area contributed by atoms with Gasteiger partial charge in [0.05, 0.1) is 0 Å². The number of rotatable bonds is 5. The molecule has 0 saturated heterocycles. The number of ether oxygens (including phenoxy) is 2. The molecule has 3 nitrogen and oxygen atoms in total. The van der Waals surface area contributed by atoms with Crippen LogP contribution in [0.1, 0.15) is 5.56 Å². The summed E-state index contributed by atoms with van der Waals surface area (Å²) in [4.78, 5) is 11.8. The van der Waals surface area contributed by atoms with E-state index in [0.29, 0.717) is 12.2 Å². The Bertz CT molecular complexity index is 638. The summed E-state index contributed by atoms with van der Waals surface area (Å²) in [6.07, 6.45) is 2.09. The van der Waals surface area contributed by atoms with Crippen molar-refractivity contribution >= 4 is 25.4 Å². The standard InChI is InChI=1S/C18H16O3Se/c1-20-16-12-17(19)21-18(16,13-14-8-4-2-5-9-14)22-15-10-6-3-7-11-15/h2-12H,13H2,1H3. The van der Waals surface area contributed by atoms with E-state index < -0.39 is 4.50 Å². The molecule has 0 fully saturated rings. The molecule has 0 spiro atoms. The van der Waals surface area contributed by atoms with E-state index in [1.807, 2.05) is 48.5 Å². The molecule has 0 saturated carbocycles. The van der Waals surface area contributed by atoms with Gasteiger partial charge < -0.3 is 0 Å². The number of benzene rings is 2. The quantitative estimate of drug-likeness (QED) is 0.606. The Morgan fingerprint density at radius 2 is 1.68 bits per heavy atom. The first-order valence-corrected chi connectivity index (χ1v) is 8.70. The molecule has 0 aromatic heterocycles. The van der Waals surface area contributed by atoms with E-state index in [0.717, 1.165) is 5.56 Å². The summed E-state index contributed by atoms with van der Waals surface area (Å²) in [5, 5.41) is 0. The molecule has 1 aliphatic heterocycles. The predicted octanol–water partition coefficient (Wildman–Crippen LogP) is 2.04. The van der Waals surface area contributed by atoms with E-state index in [1.165, 1.54) is 10.5 Å². The van der Waals surface area contributed by atoms with Crippen molar-refractivity contribution in [2.45, 2.75) is 10.9 Å². The summed E-state index contributed by atoms with van der Waals surface area (Å²) >= 11 is -0.0852. The van der Waals surface area contributed by atoms with Crippen LogP contribution in [0.3, 0.4) is 0 Å². The number of hydrogen-bond donors (Lipinski definition) is 0. The van der Waals surface area contributed by atoms with Crippen LogP contribution in [0.25, 0.3) is 0 Å². The second kappa shape index (κ2) is 6.39. The molecule has 1 heterocycles. The Morgan fingerprint density at radius 1 is 1.05 bits per heavy atom. The van der Waals surface area contributed by atoms with Gasteiger partial charge in [-0.15, -0.1) is 0 Å². The molecule has 2 aromatic rings. The van der Waals surface area contributed by atoms with Gasteiger partial charge in [0.2, 0.25) is 0 Å². The Hall–Kier alpha value is -2.03. The average molecular weight is 359 g/mol. The molecule has 1 aliphatic rings. The zero-order valence-corrected chi connectivity index (χ0v) is 13.9. The first kappa shape index (κ1) is 14.9. The summed E-state index contributed by atoms with van der Waals surface area (Å²) in [5.74, 6) is 0.288. The molecule has 0 bridgehead atoms. The van der Waals surface area contributed by atoms with Crippen LogP contribution in [-0.4, -0.2) is 32.5 Å². The molecule has 4 heteroatoms. The molecule has 0 N–H and O–H groups in total. The molecule has 1 unspecified atom stereocenters. The van der Waals surface area contributed by atoms with Crippen molar-refractivity contribution in [2.75, 3.05) is 7.11 Å². The van der Waals surface area contributed by atoms with Crippen molar-refractivity contribution in [3.63, 3.8) is 0 Å². The van der Waals surface area contributed by atoms with Crippen molar-refractivity contribution in [1.82, 2.24) is 0 Å². The second-order valence-corrected chi connectivity index (χ2v) is 7.77. The van der Waals surface area contributed by atoms with Gasteiger partial charge >= 0.3 is 136 Å². The van der Waals surface area contributed by atoms with E-state index in [2.05, 4.69) is 12.1 Å². The summed E-state index contributed by atoms with van der Waals surface area (Å²) < 4.78 is 11.7. The molecule has 0 amide bonds. The van der Waals surface area contributed by atoms with Crippen LogP contribution in [0.15, 0.2) is 72.5 Å². The molecule has 0 radical (unpaired) electrons. The Morgan fingerprint density at radius 3 is 2.32 bits per heavy atom. The van der Waals surface area contributed by atoms with Gasteiger partial charge in [-0.2, -0.15) is 0 Å². The molecule has 3 rings (SSSR count). The van der Waals surface area contributed by atoms with Crippen LogP contribution in [0.4, 0.5) is 0 Å². The topological polar surface area (TPSA) is 35.5 Å². The van der Waals surface area contributed by atoms with E-state index in [-0.39, 0.29) is 20.9 Å². The number of esters is 1. The van der Waals surface area contributed by atoms with Crippen molar-refractivity contribution in [3.05, 3.63) is 78.1 Å². The Labute approximate surface area is 136 Å². The van der Waals surface area contributed by atoms with Gasteiger partial charge in [-0.05, 0) is 0 Å². The number of carbonyl (C=O) groups is 1. The van der Waals surface area contributed by atoms with Crippen molar-refractivity contribution in [2.24, 2.45) is 0 Å². The zero-order chi connectivity index (χ0) is 15.4. The average Bonchev–Trinajstić information content (AvgIpc) is 2.84. The fraction of sp³-hybridized carbons (Fsp3) is 0.167. The SMILES string of the molecule is COC1=CC(=O)OC1(Cc1ccccc1)[Se]c1ccccc1. The third-order valence-corrected chi connectivity index (χ3v) is 6.07. The fourth-order valence-corrected chi connectivity index (χ4v) is 5.13. The van der Waals surface area contributed by atoms with Gasteiger partial charge in [0.15, 0.2) is 0 Å². The first-order valence-electron chi connectivity index (χ1n) is 6.99. The van der Waals surface area contributed by atoms with Gasteiger partial charge in [0, 0.05) is 0 Å². The molecule has 2 aromatic carbocycles. The monoisotopic (exact) mass is 360 g/mol. The number of hydrogen-bond acceptors (Lipinski definition) is 3. The molecule has 1 atom stereocenters. The maximum atomic E-state index is 11.8. The Kier molecular flexibility index (Phi) is 4.32. The van der Waals surface area contributed by atoms with Crippen LogP contribution in [0.5, 0.6) is 0 Å². The van der Waals surface area contributed by atoms with Crippen LogP contribution >= 0.6 is 0 Å². The zero-order valence-electron chi connectivity index (χ0n) is 12.2. The van der Waals surface area contributed by atoms with E-state index in [4.69, 9.17) is 9.47 Å². The minimum absolute atomic E-state index is 0.0852. The van der Waals surface area contributed by atoms with Gasteiger partial charge in [0.1, 0.15) is 0 Å². The van der Waals surface area contributed by atoms with Crippen molar-refractivity contribution < 1.29 is 14.3 Å². The second-order valence-electron chi connectivity index (χ2n) is 4.96. The van der Waals surface area contributed by atoms with Crippen LogP contribution < -0.4 is 4.46 Å². The van der Waals surface area contributed by atoms with Crippen LogP contribution in [0, 0.1) is 0 Å².